The van der Waals surface area contributed by atoms with Crippen molar-refractivity contribution in [3.63, 3.8) is 0 Å². The second-order valence-corrected chi connectivity index (χ2v) is 7.47. The van der Waals surface area contributed by atoms with Crippen LogP contribution >= 0.6 is 0 Å². The van der Waals surface area contributed by atoms with Gasteiger partial charge in [0.1, 0.15) is 11.4 Å². The Kier molecular flexibility index (Phi) is 5.25. The molecule has 0 radical (unpaired) electrons. The van der Waals surface area contributed by atoms with E-state index >= 15 is 0 Å². The molecule has 2 aromatic heterocycles. The Labute approximate surface area is 185 Å². The first kappa shape index (κ1) is 19.4. The zero-order chi connectivity index (χ0) is 21.8. The van der Waals surface area contributed by atoms with E-state index in [4.69, 9.17) is 5.26 Å². The highest BCUT2D eigenvalue weighted by Crippen LogP contribution is 2.22. The first-order valence-electron chi connectivity index (χ1n) is 10.2. The summed E-state index contributed by atoms with van der Waals surface area (Å²) >= 11 is 0. The first-order chi connectivity index (χ1) is 15.8. The van der Waals surface area contributed by atoms with E-state index < -0.39 is 0 Å². The summed E-state index contributed by atoms with van der Waals surface area (Å²) in [6.45, 7) is 1.29. The van der Waals surface area contributed by atoms with Crippen LogP contribution in [0, 0.1) is 11.3 Å². The van der Waals surface area contributed by atoms with Crippen LogP contribution in [-0.2, 0) is 13.1 Å². The molecule has 7 nitrogen and oxygen atoms in total. The van der Waals surface area contributed by atoms with Gasteiger partial charge in [-0.05, 0) is 23.3 Å². The molecular weight excluding hydrogens is 398 g/mol. The third-order valence-electron chi connectivity index (χ3n) is 5.17. The average molecular weight is 417 g/mol. The minimum atomic E-state index is 0.599. The van der Waals surface area contributed by atoms with Crippen LogP contribution in [0.25, 0.3) is 22.5 Å². The summed E-state index contributed by atoms with van der Waals surface area (Å²) in [7, 11) is 0. The third-order valence-corrected chi connectivity index (χ3v) is 5.17. The Balaban J connectivity index is 1.27. The zero-order valence-corrected chi connectivity index (χ0v) is 17.2. The van der Waals surface area contributed by atoms with E-state index in [1.807, 2.05) is 83.8 Å². The van der Waals surface area contributed by atoms with Crippen LogP contribution in [0.3, 0.4) is 0 Å². The van der Waals surface area contributed by atoms with Gasteiger partial charge in [0.05, 0.1) is 37.1 Å². The molecule has 0 spiro atoms. The molecule has 0 aliphatic carbocycles. The lowest BCUT2D eigenvalue weighted by atomic mass is 10.1. The van der Waals surface area contributed by atoms with Crippen molar-refractivity contribution in [3.8, 4) is 28.6 Å². The van der Waals surface area contributed by atoms with E-state index in [-0.39, 0.29) is 0 Å². The van der Waals surface area contributed by atoms with E-state index in [0.717, 1.165) is 28.1 Å². The molecule has 0 N–H and O–H groups in total. The van der Waals surface area contributed by atoms with Crippen molar-refractivity contribution >= 4 is 0 Å². The van der Waals surface area contributed by atoms with E-state index in [0.29, 0.717) is 18.7 Å². The molecule has 0 saturated heterocycles. The highest BCUT2D eigenvalue weighted by Gasteiger charge is 2.08. The van der Waals surface area contributed by atoms with E-state index in [1.54, 1.807) is 4.68 Å². The number of aromatic nitrogens is 6. The molecule has 0 amide bonds. The maximum absolute atomic E-state index is 8.91. The van der Waals surface area contributed by atoms with Crippen molar-refractivity contribution in [3.05, 3.63) is 108 Å². The Morgan fingerprint density at radius 1 is 0.625 bits per heavy atom. The molecule has 0 unspecified atom stereocenters. The van der Waals surface area contributed by atoms with Gasteiger partial charge in [-0.25, -0.2) is 9.36 Å². The van der Waals surface area contributed by atoms with Crippen LogP contribution in [0.4, 0.5) is 0 Å². The van der Waals surface area contributed by atoms with Gasteiger partial charge in [0.2, 0.25) is 0 Å². The van der Waals surface area contributed by atoms with Crippen molar-refractivity contribution in [2.24, 2.45) is 0 Å². The van der Waals surface area contributed by atoms with Crippen molar-refractivity contribution in [1.29, 1.82) is 5.26 Å². The van der Waals surface area contributed by atoms with Gasteiger partial charge in [-0.3, -0.25) is 0 Å². The molecule has 7 heteroatoms. The standard InChI is InChI=1S/C25H19N7/c26-14-19-6-8-21(9-7-19)16-32-18-25(28-30-32)23-12-10-22(11-13-23)24-17-31(29-27-24)15-20-4-2-1-3-5-20/h1-13,17-18H,15-16H2. The molecule has 5 rings (SSSR count). The molecule has 2 heterocycles. The predicted molar refractivity (Wildman–Crippen MR) is 120 cm³/mol. The van der Waals surface area contributed by atoms with E-state index in [2.05, 4.69) is 38.8 Å². The monoisotopic (exact) mass is 417 g/mol. The van der Waals surface area contributed by atoms with E-state index in [1.165, 1.54) is 5.56 Å². The van der Waals surface area contributed by atoms with Gasteiger partial charge in [0.25, 0.3) is 0 Å². The van der Waals surface area contributed by atoms with Gasteiger partial charge in [0.15, 0.2) is 0 Å². The van der Waals surface area contributed by atoms with Gasteiger partial charge in [0, 0.05) is 11.1 Å². The average Bonchev–Trinajstić information content (AvgIpc) is 3.50. The molecule has 0 aliphatic heterocycles. The number of nitriles is 1. The summed E-state index contributed by atoms with van der Waals surface area (Å²) in [6.07, 6.45) is 3.87. The van der Waals surface area contributed by atoms with Crippen LogP contribution in [-0.4, -0.2) is 30.0 Å². The molecule has 0 fully saturated rings. The summed E-state index contributed by atoms with van der Waals surface area (Å²) in [6, 6.07) is 27.9. The summed E-state index contributed by atoms with van der Waals surface area (Å²) in [5.41, 5.74) is 6.51. The van der Waals surface area contributed by atoms with Crippen LogP contribution < -0.4 is 0 Å². The minimum absolute atomic E-state index is 0.599. The fourth-order valence-corrected chi connectivity index (χ4v) is 3.47. The number of hydrogen-bond acceptors (Lipinski definition) is 5. The maximum atomic E-state index is 8.91. The molecule has 0 saturated carbocycles. The van der Waals surface area contributed by atoms with Gasteiger partial charge in [-0.2, -0.15) is 5.26 Å². The van der Waals surface area contributed by atoms with Crippen LogP contribution in [0.15, 0.2) is 91.3 Å². The minimum Gasteiger partial charge on any atom is -0.247 e. The van der Waals surface area contributed by atoms with Crippen molar-refractivity contribution in [1.82, 2.24) is 30.0 Å². The lowest BCUT2D eigenvalue weighted by Gasteiger charge is -2.01. The van der Waals surface area contributed by atoms with Crippen molar-refractivity contribution in [2.75, 3.05) is 0 Å². The summed E-state index contributed by atoms with van der Waals surface area (Å²) in [5.74, 6) is 0. The highest BCUT2D eigenvalue weighted by molar-refractivity contribution is 5.65. The summed E-state index contributed by atoms with van der Waals surface area (Å²) in [4.78, 5) is 0. The van der Waals surface area contributed by atoms with Gasteiger partial charge in [-0.15, -0.1) is 10.2 Å². The molecule has 0 atom stereocenters. The topological polar surface area (TPSA) is 85.2 Å². The summed E-state index contributed by atoms with van der Waals surface area (Å²) < 4.78 is 3.63. The van der Waals surface area contributed by atoms with Gasteiger partial charge < -0.3 is 0 Å². The van der Waals surface area contributed by atoms with Crippen molar-refractivity contribution < 1.29 is 0 Å². The second kappa shape index (κ2) is 8.66. The maximum Gasteiger partial charge on any atom is 0.113 e. The predicted octanol–water partition coefficient (Wildman–Crippen LogP) is 4.17. The van der Waals surface area contributed by atoms with Crippen LogP contribution in [0.5, 0.6) is 0 Å². The molecule has 32 heavy (non-hydrogen) atoms. The van der Waals surface area contributed by atoms with Crippen LogP contribution in [0.1, 0.15) is 16.7 Å². The Hall–Kier alpha value is -4.57. The molecule has 0 aliphatic rings. The molecule has 3 aromatic carbocycles. The van der Waals surface area contributed by atoms with Gasteiger partial charge in [-0.1, -0.05) is 77.2 Å². The molecule has 5 aromatic rings. The fourth-order valence-electron chi connectivity index (χ4n) is 3.47. The zero-order valence-electron chi connectivity index (χ0n) is 17.2. The Morgan fingerprint density at radius 2 is 1.12 bits per heavy atom. The largest absolute Gasteiger partial charge is 0.247 e. The van der Waals surface area contributed by atoms with Crippen molar-refractivity contribution in [2.45, 2.75) is 13.1 Å². The number of rotatable bonds is 6. The molecular formula is C25H19N7. The Bertz CT molecular complexity index is 1360. The molecule has 0 bridgehead atoms. The quantitative estimate of drug-likeness (QED) is 0.414. The number of nitrogens with zero attached hydrogens (tertiary/aromatic N) is 7. The summed E-state index contributed by atoms with van der Waals surface area (Å²) in [5, 5.41) is 26.0. The second-order valence-electron chi connectivity index (χ2n) is 7.47. The molecule has 154 valence electrons. The number of benzene rings is 3. The lowest BCUT2D eigenvalue weighted by molar-refractivity contribution is 0.650. The SMILES string of the molecule is N#Cc1ccc(Cn2cc(-c3ccc(-c4cn(Cc5ccccc5)nn4)cc3)nn2)cc1. The normalized spacial score (nSPS) is 10.7. The fraction of sp³-hybridized carbons (Fsp3) is 0.0800. The van der Waals surface area contributed by atoms with Crippen LogP contribution in [0.2, 0.25) is 0 Å². The van der Waals surface area contributed by atoms with Gasteiger partial charge >= 0.3 is 0 Å². The first-order valence-corrected chi connectivity index (χ1v) is 10.2. The smallest absolute Gasteiger partial charge is 0.113 e. The highest BCUT2D eigenvalue weighted by atomic mass is 15.4. The number of hydrogen-bond donors (Lipinski definition) is 0. The lowest BCUT2D eigenvalue weighted by Crippen LogP contribution is -2.00. The van der Waals surface area contributed by atoms with E-state index in [9.17, 15) is 0 Å². The third kappa shape index (κ3) is 4.30. The Morgan fingerprint density at radius 3 is 1.62 bits per heavy atom.